The Balaban J connectivity index is 0.00000324. The third-order valence-corrected chi connectivity index (χ3v) is 2.65. The molecule has 0 fully saturated rings. The van der Waals surface area contributed by atoms with Gasteiger partial charge in [-0.3, -0.25) is 0 Å². The SMILES string of the molecule is COc1cc(OC)c(OC)cc1CNCC(C)C.Cl. The van der Waals surface area contributed by atoms with Gasteiger partial charge in [-0.05, 0) is 18.5 Å². The van der Waals surface area contributed by atoms with Crippen LogP contribution in [-0.4, -0.2) is 27.9 Å². The topological polar surface area (TPSA) is 39.7 Å². The standard InChI is InChI=1S/C14H23NO3.ClH/c1-10(2)8-15-9-11-6-13(17-4)14(18-5)7-12(11)16-3;/h6-7,10,15H,8-9H2,1-5H3;1H. The Bertz CT molecular complexity index is 383. The van der Waals surface area contributed by atoms with E-state index in [0.717, 1.165) is 30.2 Å². The molecule has 0 aliphatic heterocycles. The number of rotatable bonds is 7. The summed E-state index contributed by atoms with van der Waals surface area (Å²) < 4.78 is 15.9. The van der Waals surface area contributed by atoms with E-state index in [1.165, 1.54) is 0 Å². The van der Waals surface area contributed by atoms with Crippen LogP contribution in [0.2, 0.25) is 0 Å². The van der Waals surface area contributed by atoms with Crippen LogP contribution in [0.5, 0.6) is 17.2 Å². The van der Waals surface area contributed by atoms with Crippen molar-refractivity contribution in [2.75, 3.05) is 27.9 Å². The third kappa shape index (κ3) is 5.17. The summed E-state index contributed by atoms with van der Waals surface area (Å²) in [6, 6.07) is 3.80. The van der Waals surface area contributed by atoms with Crippen LogP contribution < -0.4 is 19.5 Å². The Morgan fingerprint density at radius 2 is 1.47 bits per heavy atom. The van der Waals surface area contributed by atoms with Gasteiger partial charge in [0, 0.05) is 18.2 Å². The van der Waals surface area contributed by atoms with Crippen LogP contribution in [0.25, 0.3) is 0 Å². The average Bonchev–Trinajstić information content (AvgIpc) is 2.37. The number of ether oxygens (including phenoxy) is 3. The first-order valence-electron chi connectivity index (χ1n) is 6.12. The Morgan fingerprint density at radius 1 is 0.947 bits per heavy atom. The molecule has 0 unspecified atom stereocenters. The fourth-order valence-electron chi connectivity index (χ4n) is 1.73. The van der Waals surface area contributed by atoms with E-state index in [1.54, 1.807) is 21.3 Å². The minimum Gasteiger partial charge on any atom is -0.496 e. The van der Waals surface area contributed by atoms with Crippen LogP contribution in [0, 0.1) is 5.92 Å². The minimum absolute atomic E-state index is 0. The molecule has 0 atom stereocenters. The number of benzene rings is 1. The lowest BCUT2D eigenvalue weighted by Gasteiger charge is -2.15. The lowest BCUT2D eigenvalue weighted by Crippen LogP contribution is -2.19. The molecule has 0 aliphatic carbocycles. The van der Waals surface area contributed by atoms with Gasteiger partial charge in [0.2, 0.25) is 0 Å². The van der Waals surface area contributed by atoms with Crippen LogP contribution in [-0.2, 0) is 6.54 Å². The van der Waals surface area contributed by atoms with Gasteiger partial charge in [-0.2, -0.15) is 0 Å². The second kappa shape index (κ2) is 8.88. The summed E-state index contributed by atoms with van der Waals surface area (Å²) in [7, 11) is 4.91. The van der Waals surface area contributed by atoms with E-state index in [4.69, 9.17) is 14.2 Å². The second-order valence-electron chi connectivity index (χ2n) is 4.54. The van der Waals surface area contributed by atoms with Crippen molar-refractivity contribution in [3.8, 4) is 17.2 Å². The van der Waals surface area contributed by atoms with E-state index in [1.807, 2.05) is 12.1 Å². The molecular weight excluding hydrogens is 266 g/mol. The molecule has 4 nitrogen and oxygen atoms in total. The maximum atomic E-state index is 5.37. The Kier molecular flexibility index (Phi) is 8.35. The van der Waals surface area contributed by atoms with E-state index < -0.39 is 0 Å². The van der Waals surface area contributed by atoms with E-state index in [2.05, 4.69) is 19.2 Å². The van der Waals surface area contributed by atoms with Gasteiger partial charge in [0.15, 0.2) is 11.5 Å². The van der Waals surface area contributed by atoms with Crippen LogP contribution in [0.3, 0.4) is 0 Å². The largest absolute Gasteiger partial charge is 0.496 e. The molecule has 0 aliphatic rings. The molecule has 0 saturated heterocycles. The summed E-state index contributed by atoms with van der Waals surface area (Å²) >= 11 is 0. The molecule has 19 heavy (non-hydrogen) atoms. The van der Waals surface area contributed by atoms with Gasteiger partial charge in [0.25, 0.3) is 0 Å². The molecule has 0 spiro atoms. The highest BCUT2D eigenvalue weighted by atomic mass is 35.5. The molecule has 0 saturated carbocycles. The lowest BCUT2D eigenvalue weighted by atomic mass is 10.1. The average molecular weight is 290 g/mol. The van der Waals surface area contributed by atoms with E-state index in [0.29, 0.717) is 11.7 Å². The molecule has 0 radical (unpaired) electrons. The zero-order valence-electron chi connectivity index (χ0n) is 12.3. The van der Waals surface area contributed by atoms with Crippen molar-refractivity contribution in [2.45, 2.75) is 20.4 Å². The zero-order chi connectivity index (χ0) is 13.5. The fourth-order valence-corrected chi connectivity index (χ4v) is 1.73. The molecular formula is C14H24ClNO3. The molecule has 1 aromatic rings. The summed E-state index contributed by atoms with van der Waals surface area (Å²) in [6.07, 6.45) is 0. The van der Waals surface area contributed by atoms with Crippen molar-refractivity contribution in [1.82, 2.24) is 5.32 Å². The highest BCUT2D eigenvalue weighted by Gasteiger charge is 2.11. The predicted molar refractivity (Wildman–Crippen MR) is 79.9 cm³/mol. The van der Waals surface area contributed by atoms with Gasteiger partial charge in [-0.1, -0.05) is 13.8 Å². The molecule has 0 aromatic heterocycles. The van der Waals surface area contributed by atoms with Gasteiger partial charge < -0.3 is 19.5 Å². The van der Waals surface area contributed by atoms with Crippen molar-refractivity contribution in [1.29, 1.82) is 0 Å². The fraction of sp³-hybridized carbons (Fsp3) is 0.571. The molecule has 1 rings (SSSR count). The molecule has 5 heteroatoms. The Hall–Kier alpha value is -1.13. The molecule has 0 amide bonds. The first-order chi connectivity index (χ1) is 8.62. The highest BCUT2D eigenvalue weighted by Crippen LogP contribution is 2.34. The van der Waals surface area contributed by atoms with Crippen molar-refractivity contribution in [3.63, 3.8) is 0 Å². The van der Waals surface area contributed by atoms with Crippen molar-refractivity contribution >= 4 is 12.4 Å². The molecule has 0 bridgehead atoms. The quantitative estimate of drug-likeness (QED) is 0.838. The summed E-state index contributed by atoms with van der Waals surface area (Å²) in [5, 5.41) is 3.39. The van der Waals surface area contributed by atoms with Gasteiger partial charge in [-0.15, -0.1) is 12.4 Å². The van der Waals surface area contributed by atoms with Gasteiger partial charge in [0.05, 0.1) is 21.3 Å². The summed E-state index contributed by atoms with van der Waals surface area (Å²) in [5.41, 5.74) is 1.07. The maximum absolute atomic E-state index is 5.37. The van der Waals surface area contributed by atoms with Gasteiger partial charge >= 0.3 is 0 Å². The molecule has 1 aromatic carbocycles. The first-order valence-corrected chi connectivity index (χ1v) is 6.12. The molecule has 0 heterocycles. The third-order valence-electron chi connectivity index (χ3n) is 2.65. The smallest absolute Gasteiger partial charge is 0.164 e. The van der Waals surface area contributed by atoms with Crippen LogP contribution in [0.4, 0.5) is 0 Å². The Labute approximate surface area is 121 Å². The normalized spacial score (nSPS) is 10.0. The predicted octanol–water partition coefficient (Wildman–Crippen LogP) is 2.88. The summed E-state index contributed by atoms with van der Waals surface area (Å²) in [5.74, 6) is 2.83. The zero-order valence-corrected chi connectivity index (χ0v) is 13.1. The van der Waals surface area contributed by atoms with Crippen LogP contribution in [0.15, 0.2) is 12.1 Å². The molecule has 110 valence electrons. The Morgan fingerprint density at radius 3 is 1.95 bits per heavy atom. The van der Waals surface area contributed by atoms with Gasteiger partial charge in [0.1, 0.15) is 5.75 Å². The maximum Gasteiger partial charge on any atom is 0.164 e. The summed E-state index contributed by atoms with van der Waals surface area (Å²) in [6.45, 7) is 6.08. The van der Waals surface area contributed by atoms with E-state index >= 15 is 0 Å². The number of hydrogen-bond acceptors (Lipinski definition) is 4. The number of nitrogens with one attached hydrogen (secondary N) is 1. The summed E-state index contributed by atoms with van der Waals surface area (Å²) in [4.78, 5) is 0. The van der Waals surface area contributed by atoms with Crippen LogP contribution in [0.1, 0.15) is 19.4 Å². The molecule has 1 N–H and O–H groups in total. The van der Waals surface area contributed by atoms with Crippen molar-refractivity contribution in [2.24, 2.45) is 5.92 Å². The number of methoxy groups -OCH3 is 3. The van der Waals surface area contributed by atoms with Crippen molar-refractivity contribution in [3.05, 3.63) is 17.7 Å². The minimum atomic E-state index is 0. The van der Waals surface area contributed by atoms with Crippen LogP contribution >= 0.6 is 12.4 Å². The number of hydrogen-bond donors (Lipinski definition) is 1. The van der Waals surface area contributed by atoms with Gasteiger partial charge in [-0.25, -0.2) is 0 Å². The first kappa shape index (κ1) is 17.9. The second-order valence-corrected chi connectivity index (χ2v) is 4.54. The van der Waals surface area contributed by atoms with E-state index in [9.17, 15) is 0 Å². The monoisotopic (exact) mass is 289 g/mol. The van der Waals surface area contributed by atoms with E-state index in [-0.39, 0.29) is 12.4 Å². The van der Waals surface area contributed by atoms with Crippen molar-refractivity contribution < 1.29 is 14.2 Å². The lowest BCUT2D eigenvalue weighted by molar-refractivity contribution is 0.347. The highest BCUT2D eigenvalue weighted by molar-refractivity contribution is 5.85. The number of halogens is 1.